The Balaban J connectivity index is 3.13. The number of nitrogens with zero attached hydrogens (tertiary/aromatic N) is 1. The molecule has 1 aliphatic carbocycles. The second-order valence-electron chi connectivity index (χ2n) is 2.43. The highest BCUT2D eigenvalue weighted by atomic mass is 16.3. The van der Waals surface area contributed by atoms with Crippen LogP contribution in [0, 0.1) is 0 Å². The molecule has 0 saturated carbocycles. The van der Waals surface area contributed by atoms with E-state index in [-0.39, 0.29) is 5.76 Å². The summed E-state index contributed by atoms with van der Waals surface area (Å²) in [4.78, 5) is 3.96. The second-order valence-corrected chi connectivity index (χ2v) is 2.43. The molecule has 0 saturated heterocycles. The van der Waals surface area contributed by atoms with E-state index in [4.69, 9.17) is 0 Å². The molecular formula is C11H11NO. The number of allylic oxidation sites excluding steroid dienone is 6. The Morgan fingerprint density at radius 1 is 1.38 bits per heavy atom. The molecule has 0 aromatic carbocycles. The van der Waals surface area contributed by atoms with Crippen molar-refractivity contribution in [3.05, 3.63) is 61.1 Å². The van der Waals surface area contributed by atoms with Crippen molar-refractivity contribution in [3.63, 3.8) is 0 Å². The first-order chi connectivity index (χ1) is 6.29. The van der Waals surface area contributed by atoms with Gasteiger partial charge in [0.15, 0.2) is 0 Å². The van der Waals surface area contributed by atoms with E-state index in [1.165, 1.54) is 6.20 Å². The predicted molar refractivity (Wildman–Crippen MR) is 55.8 cm³/mol. The third kappa shape index (κ3) is 2.06. The molecule has 13 heavy (non-hydrogen) atoms. The summed E-state index contributed by atoms with van der Waals surface area (Å²) in [5.74, 6) is 0.149. The van der Waals surface area contributed by atoms with Crippen LogP contribution in [0.4, 0.5) is 0 Å². The quantitative estimate of drug-likeness (QED) is 0.684. The minimum atomic E-state index is 0.149. The van der Waals surface area contributed by atoms with E-state index >= 15 is 0 Å². The van der Waals surface area contributed by atoms with E-state index in [0.29, 0.717) is 5.71 Å². The lowest BCUT2D eigenvalue weighted by Crippen LogP contribution is -2.07. The molecule has 0 radical (unpaired) electrons. The SMILES string of the molecule is C=C/C=C1/C=CC=C(O)C1=NC=C. The highest BCUT2D eigenvalue weighted by Crippen LogP contribution is 2.13. The highest BCUT2D eigenvalue weighted by Gasteiger charge is 2.10. The molecule has 0 aromatic rings. The van der Waals surface area contributed by atoms with Gasteiger partial charge in [-0.25, -0.2) is 0 Å². The standard InChI is InChI=1S/C11H11NO/c1-3-6-9-7-5-8-10(13)11(9)12-4-2/h3-8,13H,1-2H2/b9-6-,12-11?. The van der Waals surface area contributed by atoms with E-state index in [2.05, 4.69) is 18.2 Å². The van der Waals surface area contributed by atoms with Crippen LogP contribution in [0.5, 0.6) is 0 Å². The molecule has 1 N–H and O–H groups in total. The maximum absolute atomic E-state index is 9.45. The van der Waals surface area contributed by atoms with Gasteiger partial charge in [-0.2, -0.15) is 0 Å². The van der Waals surface area contributed by atoms with Crippen LogP contribution in [0.15, 0.2) is 66.1 Å². The third-order valence-electron chi connectivity index (χ3n) is 1.56. The van der Waals surface area contributed by atoms with Crippen LogP contribution in [-0.4, -0.2) is 10.8 Å². The molecule has 0 heterocycles. The lowest BCUT2D eigenvalue weighted by molar-refractivity contribution is 0.443. The Morgan fingerprint density at radius 3 is 2.77 bits per heavy atom. The van der Waals surface area contributed by atoms with Crippen molar-refractivity contribution in [1.29, 1.82) is 0 Å². The summed E-state index contributed by atoms with van der Waals surface area (Å²) < 4.78 is 0. The lowest BCUT2D eigenvalue weighted by Gasteiger charge is -2.08. The fourth-order valence-electron chi connectivity index (χ4n) is 1.04. The van der Waals surface area contributed by atoms with Gasteiger partial charge in [0, 0.05) is 11.8 Å². The van der Waals surface area contributed by atoms with Crippen molar-refractivity contribution in [2.24, 2.45) is 4.99 Å². The fourth-order valence-corrected chi connectivity index (χ4v) is 1.04. The van der Waals surface area contributed by atoms with E-state index < -0.39 is 0 Å². The van der Waals surface area contributed by atoms with Crippen molar-refractivity contribution in [3.8, 4) is 0 Å². The molecule has 0 fully saturated rings. The van der Waals surface area contributed by atoms with Gasteiger partial charge in [0.1, 0.15) is 11.5 Å². The zero-order valence-corrected chi connectivity index (χ0v) is 7.27. The van der Waals surface area contributed by atoms with E-state index in [1.807, 2.05) is 6.08 Å². The molecule has 2 nitrogen and oxygen atoms in total. The molecular weight excluding hydrogens is 162 g/mol. The largest absolute Gasteiger partial charge is 0.506 e. The van der Waals surface area contributed by atoms with Crippen LogP contribution in [0.2, 0.25) is 0 Å². The molecule has 0 amide bonds. The minimum absolute atomic E-state index is 0.149. The van der Waals surface area contributed by atoms with Gasteiger partial charge in [0.05, 0.1) is 0 Å². The van der Waals surface area contributed by atoms with E-state index in [9.17, 15) is 5.11 Å². The Kier molecular flexibility index (Phi) is 3.03. The molecule has 66 valence electrons. The van der Waals surface area contributed by atoms with Crippen molar-refractivity contribution in [1.82, 2.24) is 0 Å². The summed E-state index contributed by atoms with van der Waals surface area (Å²) in [6.45, 7) is 7.06. The smallest absolute Gasteiger partial charge is 0.141 e. The molecule has 1 aliphatic rings. The van der Waals surface area contributed by atoms with Crippen molar-refractivity contribution in [2.75, 3.05) is 0 Å². The van der Waals surface area contributed by atoms with Gasteiger partial charge < -0.3 is 5.11 Å². The molecule has 0 aliphatic heterocycles. The first kappa shape index (κ1) is 9.26. The summed E-state index contributed by atoms with van der Waals surface area (Å²) in [5.41, 5.74) is 1.35. The molecule has 0 unspecified atom stereocenters. The van der Waals surface area contributed by atoms with E-state index in [1.54, 1.807) is 24.3 Å². The summed E-state index contributed by atoms with van der Waals surface area (Å²) >= 11 is 0. The number of rotatable bonds is 2. The van der Waals surface area contributed by atoms with Crippen LogP contribution in [0.1, 0.15) is 0 Å². The number of hydrogen-bond acceptors (Lipinski definition) is 2. The highest BCUT2D eigenvalue weighted by molar-refractivity contribution is 6.14. The summed E-state index contributed by atoms with van der Waals surface area (Å²) in [7, 11) is 0. The first-order valence-corrected chi connectivity index (χ1v) is 3.89. The van der Waals surface area contributed by atoms with Crippen molar-refractivity contribution >= 4 is 5.71 Å². The Morgan fingerprint density at radius 2 is 2.15 bits per heavy atom. The first-order valence-electron chi connectivity index (χ1n) is 3.89. The van der Waals surface area contributed by atoms with Gasteiger partial charge in [0.2, 0.25) is 0 Å². The third-order valence-corrected chi connectivity index (χ3v) is 1.56. The van der Waals surface area contributed by atoms with Gasteiger partial charge >= 0.3 is 0 Å². The summed E-state index contributed by atoms with van der Waals surface area (Å²) in [6.07, 6.45) is 10.0. The van der Waals surface area contributed by atoms with Crippen LogP contribution < -0.4 is 0 Å². The summed E-state index contributed by atoms with van der Waals surface area (Å²) in [6, 6.07) is 0. The Bertz CT molecular complexity index is 343. The Labute approximate surface area is 77.6 Å². The van der Waals surface area contributed by atoms with Crippen LogP contribution in [0.25, 0.3) is 0 Å². The van der Waals surface area contributed by atoms with Gasteiger partial charge in [0.25, 0.3) is 0 Å². The molecule has 2 heteroatoms. The fraction of sp³-hybridized carbons (Fsp3) is 0. The van der Waals surface area contributed by atoms with Gasteiger partial charge in [-0.05, 0) is 6.08 Å². The monoisotopic (exact) mass is 173 g/mol. The number of aliphatic imine (C=N–C) groups is 1. The zero-order chi connectivity index (χ0) is 9.68. The van der Waals surface area contributed by atoms with Crippen molar-refractivity contribution < 1.29 is 5.11 Å². The minimum Gasteiger partial charge on any atom is -0.506 e. The molecule has 0 spiro atoms. The van der Waals surface area contributed by atoms with Crippen LogP contribution in [0.3, 0.4) is 0 Å². The van der Waals surface area contributed by atoms with Crippen molar-refractivity contribution in [2.45, 2.75) is 0 Å². The normalized spacial score (nSPS) is 21.7. The maximum atomic E-state index is 9.45. The molecule has 0 atom stereocenters. The summed E-state index contributed by atoms with van der Waals surface area (Å²) in [5, 5.41) is 9.45. The topological polar surface area (TPSA) is 32.6 Å². The molecule has 0 aromatic heterocycles. The number of aliphatic hydroxyl groups excluding tert-OH is 1. The number of aliphatic hydroxyl groups is 1. The van der Waals surface area contributed by atoms with Gasteiger partial charge in [-0.1, -0.05) is 37.5 Å². The lowest BCUT2D eigenvalue weighted by atomic mass is 10.0. The number of hydrogen-bond donors (Lipinski definition) is 1. The molecule has 1 rings (SSSR count). The van der Waals surface area contributed by atoms with Crippen LogP contribution >= 0.6 is 0 Å². The average Bonchev–Trinajstić information content (AvgIpc) is 2.11. The molecule has 0 bridgehead atoms. The van der Waals surface area contributed by atoms with Gasteiger partial charge in [-0.3, -0.25) is 4.99 Å². The second kappa shape index (κ2) is 4.26. The van der Waals surface area contributed by atoms with Crippen LogP contribution in [-0.2, 0) is 0 Å². The maximum Gasteiger partial charge on any atom is 0.141 e. The predicted octanol–water partition coefficient (Wildman–Crippen LogP) is 2.70. The zero-order valence-electron chi connectivity index (χ0n) is 7.27. The average molecular weight is 173 g/mol. The van der Waals surface area contributed by atoms with Gasteiger partial charge in [-0.15, -0.1) is 0 Å². The Hall–Kier alpha value is -1.83. The van der Waals surface area contributed by atoms with E-state index in [0.717, 1.165) is 5.57 Å².